The molecule has 0 aliphatic carbocycles. The number of benzene rings is 1. The van der Waals surface area contributed by atoms with Gasteiger partial charge in [-0.3, -0.25) is 14.2 Å². The molecule has 21 heavy (non-hydrogen) atoms. The Labute approximate surface area is 122 Å². The van der Waals surface area contributed by atoms with Crippen LogP contribution < -0.4 is 5.73 Å². The third-order valence-electron chi connectivity index (χ3n) is 3.07. The summed E-state index contributed by atoms with van der Waals surface area (Å²) in [5.74, 6) is -4.02. The average molecular weight is 315 g/mol. The zero-order valence-electron chi connectivity index (χ0n) is 11.0. The number of nitrogens with two attached hydrogens (primary N) is 1. The van der Waals surface area contributed by atoms with Crippen molar-refractivity contribution in [3.05, 3.63) is 35.6 Å². The number of aliphatic carboxylic acids is 1. The molecule has 2 atom stereocenters. The summed E-state index contributed by atoms with van der Waals surface area (Å²) in [5.41, 5.74) is 5.38. The molecule has 0 aliphatic heterocycles. The molecule has 0 bridgehead atoms. The molecular weight excluding hydrogens is 300 g/mol. The van der Waals surface area contributed by atoms with Crippen molar-refractivity contribution in [2.24, 2.45) is 11.7 Å². The van der Waals surface area contributed by atoms with Gasteiger partial charge in [0.25, 0.3) is 0 Å². The normalized spacial score (nSPS) is 15.3. The van der Waals surface area contributed by atoms with Crippen LogP contribution in [-0.2, 0) is 20.6 Å². The average Bonchev–Trinajstić information content (AvgIpc) is 2.41. The van der Waals surface area contributed by atoms with Gasteiger partial charge in [0.05, 0.1) is 5.92 Å². The van der Waals surface area contributed by atoms with Gasteiger partial charge in [-0.15, -0.1) is 0 Å². The van der Waals surface area contributed by atoms with Crippen LogP contribution in [0.25, 0.3) is 0 Å². The number of primary amides is 1. The van der Waals surface area contributed by atoms with E-state index in [0.717, 1.165) is 12.1 Å². The fraction of sp³-hybridized carbons (Fsp3) is 0.385. The first-order chi connectivity index (χ1) is 9.78. The maximum absolute atomic E-state index is 12.8. The lowest BCUT2D eigenvalue weighted by Crippen LogP contribution is -2.40. The van der Waals surface area contributed by atoms with E-state index in [1.54, 1.807) is 0 Å². The first kappa shape index (κ1) is 17.2. The van der Waals surface area contributed by atoms with Crippen LogP contribution >= 0.6 is 8.46 Å². The Bertz CT molecular complexity index is 536. The molecule has 8 heteroatoms. The number of carbonyl (C=O) groups excluding carboxylic acids is 1. The molecule has 2 unspecified atom stereocenters. The maximum atomic E-state index is 12.8. The number of hydrogen-bond donors (Lipinski definition) is 3. The molecule has 0 saturated carbocycles. The van der Waals surface area contributed by atoms with Crippen LogP contribution in [0, 0.1) is 11.7 Å². The van der Waals surface area contributed by atoms with Gasteiger partial charge in [0, 0.05) is 12.8 Å². The van der Waals surface area contributed by atoms with Crippen molar-refractivity contribution in [3.63, 3.8) is 0 Å². The summed E-state index contributed by atoms with van der Waals surface area (Å²) in [6.45, 7) is 0. The van der Waals surface area contributed by atoms with Crippen molar-refractivity contribution in [2.45, 2.75) is 24.6 Å². The van der Waals surface area contributed by atoms with E-state index in [1.165, 1.54) is 12.1 Å². The van der Waals surface area contributed by atoms with E-state index in [0.29, 0.717) is 5.56 Å². The largest absolute Gasteiger partial charge is 0.481 e. The standard InChI is InChI=1S/C13H15FNO5P/c14-9-3-1-8(2-4-9)7-13(19,21-20)10(12(17)18)5-6-11(15)16/h1-4,10,19H,5-7H2,(H2,15,16)(H,17,18). The summed E-state index contributed by atoms with van der Waals surface area (Å²) >= 11 is 0. The number of aliphatic hydroxyl groups is 1. The Morgan fingerprint density at radius 1 is 1.33 bits per heavy atom. The topological polar surface area (TPSA) is 118 Å². The predicted molar refractivity (Wildman–Crippen MR) is 72.2 cm³/mol. The molecule has 0 aliphatic rings. The van der Waals surface area contributed by atoms with Gasteiger partial charge < -0.3 is 15.9 Å². The Morgan fingerprint density at radius 3 is 2.33 bits per heavy atom. The number of carboxylic acids is 1. The lowest BCUT2D eigenvalue weighted by atomic mass is 9.91. The lowest BCUT2D eigenvalue weighted by molar-refractivity contribution is -0.147. The molecule has 0 heterocycles. The van der Waals surface area contributed by atoms with Crippen LogP contribution in [-0.4, -0.2) is 27.4 Å². The quantitative estimate of drug-likeness (QED) is 0.625. The van der Waals surface area contributed by atoms with E-state index >= 15 is 0 Å². The van der Waals surface area contributed by atoms with E-state index < -0.39 is 37.4 Å². The molecule has 0 radical (unpaired) electrons. The predicted octanol–water partition coefficient (Wildman–Crippen LogP) is 1.31. The number of halogens is 1. The molecule has 1 rings (SSSR count). The van der Waals surface area contributed by atoms with Crippen molar-refractivity contribution in [3.8, 4) is 0 Å². The highest BCUT2D eigenvalue weighted by atomic mass is 31.1. The van der Waals surface area contributed by atoms with Gasteiger partial charge in [0.1, 0.15) is 5.82 Å². The van der Waals surface area contributed by atoms with Gasteiger partial charge in [0.2, 0.25) is 5.91 Å². The van der Waals surface area contributed by atoms with Gasteiger partial charge in [-0.2, -0.15) is 0 Å². The minimum atomic E-state index is -2.10. The smallest absolute Gasteiger partial charge is 0.310 e. The lowest BCUT2D eigenvalue weighted by Gasteiger charge is -2.27. The van der Waals surface area contributed by atoms with E-state index in [4.69, 9.17) is 10.8 Å². The number of rotatable bonds is 8. The molecule has 0 fully saturated rings. The van der Waals surface area contributed by atoms with Gasteiger partial charge in [0.15, 0.2) is 13.8 Å². The van der Waals surface area contributed by atoms with E-state index in [-0.39, 0.29) is 19.3 Å². The summed E-state index contributed by atoms with van der Waals surface area (Å²) in [5, 5.41) is 17.4. The van der Waals surface area contributed by atoms with Crippen molar-refractivity contribution in [2.75, 3.05) is 0 Å². The molecule has 1 amide bonds. The molecule has 0 spiro atoms. The molecule has 0 aromatic heterocycles. The van der Waals surface area contributed by atoms with Crippen LogP contribution in [0.4, 0.5) is 4.39 Å². The number of amides is 1. The van der Waals surface area contributed by atoms with Crippen LogP contribution in [0.1, 0.15) is 18.4 Å². The van der Waals surface area contributed by atoms with Gasteiger partial charge in [-0.25, -0.2) is 4.39 Å². The molecule has 4 N–H and O–H groups in total. The summed E-state index contributed by atoms with van der Waals surface area (Å²) in [6, 6.07) is 5.02. The monoisotopic (exact) mass is 315 g/mol. The molecule has 114 valence electrons. The number of hydrogen-bond acceptors (Lipinski definition) is 4. The minimum Gasteiger partial charge on any atom is -0.481 e. The summed E-state index contributed by atoms with van der Waals surface area (Å²) in [7, 11) is -0.791. The second kappa shape index (κ2) is 7.24. The van der Waals surface area contributed by atoms with Crippen LogP contribution in [0.5, 0.6) is 0 Å². The van der Waals surface area contributed by atoms with Gasteiger partial charge >= 0.3 is 5.97 Å². The van der Waals surface area contributed by atoms with Crippen molar-refractivity contribution < 1.29 is 28.8 Å². The number of carbonyl (C=O) groups is 2. The summed E-state index contributed by atoms with van der Waals surface area (Å²) in [6.07, 6.45) is -0.746. The third-order valence-corrected chi connectivity index (χ3v) is 3.86. The molecule has 6 nitrogen and oxygen atoms in total. The minimum absolute atomic E-state index is 0.238. The van der Waals surface area contributed by atoms with E-state index in [2.05, 4.69) is 0 Å². The van der Waals surface area contributed by atoms with Crippen LogP contribution in [0.2, 0.25) is 0 Å². The number of carboxylic acid groups (broad SMARTS) is 1. The highest BCUT2D eigenvalue weighted by molar-refractivity contribution is 7.25. The van der Waals surface area contributed by atoms with Crippen LogP contribution in [0.15, 0.2) is 24.3 Å². The molecular formula is C13H15FNO5P. The second-order valence-corrected chi connectivity index (χ2v) is 5.63. The zero-order valence-corrected chi connectivity index (χ0v) is 11.9. The fourth-order valence-corrected chi connectivity index (χ4v) is 2.57. The van der Waals surface area contributed by atoms with Crippen LogP contribution in [0.3, 0.4) is 0 Å². The first-order valence-electron chi connectivity index (χ1n) is 6.11. The van der Waals surface area contributed by atoms with E-state index in [1.807, 2.05) is 0 Å². The Hall–Kier alpha value is -1.85. The SMILES string of the molecule is NC(=O)CCC(C(=O)O)C(O)(Cc1ccc(F)cc1)P=O. The fourth-order valence-electron chi connectivity index (χ4n) is 1.96. The maximum Gasteiger partial charge on any atom is 0.310 e. The highest BCUT2D eigenvalue weighted by Crippen LogP contribution is 2.36. The van der Waals surface area contributed by atoms with Crippen molar-refractivity contribution in [1.29, 1.82) is 0 Å². The molecule has 0 saturated heterocycles. The van der Waals surface area contributed by atoms with E-state index in [9.17, 15) is 23.7 Å². The highest BCUT2D eigenvalue weighted by Gasteiger charge is 2.42. The Kier molecular flexibility index (Phi) is 5.93. The zero-order chi connectivity index (χ0) is 16.0. The van der Waals surface area contributed by atoms with Crippen molar-refractivity contribution in [1.82, 2.24) is 0 Å². The first-order valence-corrected chi connectivity index (χ1v) is 6.92. The molecule has 1 aromatic carbocycles. The summed E-state index contributed by atoms with van der Waals surface area (Å²) < 4.78 is 24.1. The van der Waals surface area contributed by atoms with Gasteiger partial charge in [-0.1, -0.05) is 12.1 Å². The molecule has 1 aromatic rings. The Balaban J connectivity index is 2.97. The van der Waals surface area contributed by atoms with Gasteiger partial charge in [-0.05, 0) is 24.1 Å². The third kappa shape index (κ3) is 4.88. The van der Waals surface area contributed by atoms with Crippen molar-refractivity contribution >= 4 is 20.3 Å². The Morgan fingerprint density at radius 2 is 1.90 bits per heavy atom. The second-order valence-electron chi connectivity index (χ2n) is 4.67. The summed E-state index contributed by atoms with van der Waals surface area (Å²) in [4.78, 5) is 22.0.